The van der Waals surface area contributed by atoms with E-state index in [1.54, 1.807) is 24.3 Å². The molecule has 6 heteroatoms. The van der Waals surface area contributed by atoms with Gasteiger partial charge in [0.2, 0.25) is 0 Å². The predicted octanol–water partition coefficient (Wildman–Crippen LogP) is 0.538. The molecule has 0 fully saturated rings. The number of hydrogen-bond acceptors (Lipinski definition) is 6. The Balaban J connectivity index is 3.51. The Hall–Kier alpha value is -3.09. The standard InChI is InChI=1S/C10H4N6/c11-2-6-1-7(3-12)10(15)16-9(6)8(4-13)5-14/h1,8H,(H2,15,16). The molecule has 0 aliphatic carbocycles. The maximum absolute atomic E-state index is 8.81. The molecule has 0 radical (unpaired) electrons. The van der Waals surface area contributed by atoms with Gasteiger partial charge in [-0.1, -0.05) is 0 Å². The topological polar surface area (TPSA) is 134 Å². The van der Waals surface area contributed by atoms with Crippen LogP contribution >= 0.6 is 0 Å². The number of nitrogen functional groups attached to an aromatic ring is 1. The molecule has 74 valence electrons. The van der Waals surface area contributed by atoms with Gasteiger partial charge in [0, 0.05) is 0 Å². The normalized spacial score (nSPS) is 8.56. The van der Waals surface area contributed by atoms with Gasteiger partial charge < -0.3 is 5.73 Å². The van der Waals surface area contributed by atoms with Gasteiger partial charge in [-0.15, -0.1) is 0 Å². The van der Waals surface area contributed by atoms with E-state index < -0.39 is 5.92 Å². The van der Waals surface area contributed by atoms with E-state index in [1.807, 2.05) is 0 Å². The highest BCUT2D eigenvalue weighted by atomic mass is 14.9. The average Bonchev–Trinajstić information content (AvgIpc) is 2.31. The van der Waals surface area contributed by atoms with E-state index >= 15 is 0 Å². The summed E-state index contributed by atoms with van der Waals surface area (Å²) in [6, 6.07) is 8.15. The third-order valence-corrected chi connectivity index (χ3v) is 1.85. The van der Waals surface area contributed by atoms with Crippen molar-refractivity contribution in [1.29, 1.82) is 21.0 Å². The van der Waals surface area contributed by atoms with Crippen LogP contribution in [0.2, 0.25) is 0 Å². The maximum Gasteiger partial charge on any atom is 0.176 e. The Kier molecular flexibility index (Phi) is 3.03. The number of nitrogens with zero attached hydrogens (tertiary/aromatic N) is 5. The minimum Gasteiger partial charge on any atom is -0.383 e. The van der Waals surface area contributed by atoms with Gasteiger partial charge in [0.1, 0.15) is 18.0 Å². The van der Waals surface area contributed by atoms with Crippen LogP contribution in [0.25, 0.3) is 0 Å². The molecule has 6 nitrogen and oxygen atoms in total. The van der Waals surface area contributed by atoms with Gasteiger partial charge in [-0.05, 0) is 6.07 Å². The number of rotatable bonds is 1. The molecule has 0 amide bonds. The van der Waals surface area contributed by atoms with Crippen LogP contribution in [0.5, 0.6) is 0 Å². The Labute approximate surface area is 91.4 Å². The molecular weight excluding hydrogens is 204 g/mol. The fraction of sp³-hybridized carbons (Fsp3) is 0.100. The Morgan fingerprint density at radius 1 is 1.06 bits per heavy atom. The zero-order valence-corrected chi connectivity index (χ0v) is 7.97. The van der Waals surface area contributed by atoms with Crippen molar-refractivity contribution in [1.82, 2.24) is 4.98 Å². The molecule has 0 aliphatic rings. The summed E-state index contributed by atoms with van der Waals surface area (Å²) in [5, 5.41) is 34.9. The van der Waals surface area contributed by atoms with Crippen molar-refractivity contribution in [3.63, 3.8) is 0 Å². The molecule has 0 atom stereocenters. The molecule has 1 rings (SSSR count). The van der Waals surface area contributed by atoms with Crippen molar-refractivity contribution in [2.75, 3.05) is 5.73 Å². The van der Waals surface area contributed by atoms with Crippen molar-refractivity contribution < 1.29 is 0 Å². The minimum atomic E-state index is -1.16. The zero-order chi connectivity index (χ0) is 12.1. The summed E-state index contributed by atoms with van der Waals surface area (Å²) >= 11 is 0. The SMILES string of the molecule is N#Cc1cc(C#N)c(C(C#N)C#N)nc1N. The molecule has 2 N–H and O–H groups in total. The number of pyridine rings is 1. The van der Waals surface area contributed by atoms with Crippen LogP contribution in [0.4, 0.5) is 5.82 Å². The highest BCUT2D eigenvalue weighted by Crippen LogP contribution is 2.20. The van der Waals surface area contributed by atoms with Gasteiger partial charge in [0.15, 0.2) is 5.92 Å². The molecule has 0 saturated heterocycles. The molecule has 1 aromatic heterocycles. The quantitative estimate of drug-likeness (QED) is 0.715. The fourth-order valence-corrected chi connectivity index (χ4v) is 1.09. The largest absolute Gasteiger partial charge is 0.383 e. The summed E-state index contributed by atoms with van der Waals surface area (Å²) in [6.07, 6.45) is 0. The van der Waals surface area contributed by atoms with E-state index in [4.69, 9.17) is 26.8 Å². The molecule has 0 aliphatic heterocycles. The van der Waals surface area contributed by atoms with Crippen LogP contribution in [0.15, 0.2) is 6.07 Å². The number of nitrogens with two attached hydrogens (primary N) is 1. The predicted molar refractivity (Wildman–Crippen MR) is 52.0 cm³/mol. The number of anilines is 1. The molecule has 1 aromatic rings. The molecule has 1 heterocycles. The number of nitriles is 4. The molecule has 0 spiro atoms. The van der Waals surface area contributed by atoms with E-state index in [0.717, 1.165) is 0 Å². The molecule has 0 bridgehead atoms. The smallest absolute Gasteiger partial charge is 0.176 e. The van der Waals surface area contributed by atoms with Gasteiger partial charge in [-0.25, -0.2) is 4.98 Å². The zero-order valence-electron chi connectivity index (χ0n) is 7.97. The van der Waals surface area contributed by atoms with Crippen LogP contribution in [0.3, 0.4) is 0 Å². The van der Waals surface area contributed by atoms with Crippen LogP contribution in [-0.4, -0.2) is 4.98 Å². The first-order valence-corrected chi connectivity index (χ1v) is 4.07. The van der Waals surface area contributed by atoms with Crippen LogP contribution in [-0.2, 0) is 0 Å². The fourth-order valence-electron chi connectivity index (χ4n) is 1.09. The second kappa shape index (κ2) is 4.42. The van der Waals surface area contributed by atoms with Crippen molar-refractivity contribution in [3.05, 3.63) is 22.9 Å². The van der Waals surface area contributed by atoms with Crippen LogP contribution in [0.1, 0.15) is 22.7 Å². The van der Waals surface area contributed by atoms with Gasteiger partial charge in [-0.3, -0.25) is 0 Å². The lowest BCUT2D eigenvalue weighted by molar-refractivity contribution is 1.01. The van der Waals surface area contributed by atoms with E-state index in [-0.39, 0.29) is 22.6 Å². The molecule has 0 unspecified atom stereocenters. The summed E-state index contributed by atoms with van der Waals surface area (Å²) in [5.41, 5.74) is 5.49. The van der Waals surface area contributed by atoms with E-state index in [2.05, 4.69) is 4.98 Å². The highest BCUT2D eigenvalue weighted by molar-refractivity contribution is 5.55. The molecule has 0 saturated carbocycles. The van der Waals surface area contributed by atoms with Crippen molar-refractivity contribution in [2.45, 2.75) is 5.92 Å². The summed E-state index contributed by atoms with van der Waals surface area (Å²) in [5.74, 6) is -1.25. The Bertz CT molecular complexity index is 576. The van der Waals surface area contributed by atoms with E-state index in [0.29, 0.717) is 0 Å². The maximum atomic E-state index is 8.81. The second-order valence-electron chi connectivity index (χ2n) is 2.77. The van der Waals surface area contributed by atoms with Crippen molar-refractivity contribution in [2.24, 2.45) is 0 Å². The second-order valence-corrected chi connectivity index (χ2v) is 2.77. The van der Waals surface area contributed by atoms with Gasteiger partial charge >= 0.3 is 0 Å². The summed E-state index contributed by atoms with van der Waals surface area (Å²) in [6.45, 7) is 0. The van der Waals surface area contributed by atoms with E-state index in [9.17, 15) is 0 Å². The summed E-state index contributed by atoms with van der Waals surface area (Å²) in [4.78, 5) is 3.74. The molecule has 0 aromatic carbocycles. The molecular formula is C10H4N6. The van der Waals surface area contributed by atoms with Crippen molar-refractivity contribution in [3.8, 4) is 24.3 Å². The number of aromatic nitrogens is 1. The summed E-state index contributed by atoms with van der Waals surface area (Å²) in [7, 11) is 0. The summed E-state index contributed by atoms with van der Waals surface area (Å²) < 4.78 is 0. The van der Waals surface area contributed by atoms with Crippen LogP contribution in [0, 0.1) is 45.3 Å². The van der Waals surface area contributed by atoms with E-state index in [1.165, 1.54) is 6.07 Å². The Morgan fingerprint density at radius 3 is 2.06 bits per heavy atom. The average molecular weight is 208 g/mol. The third-order valence-electron chi connectivity index (χ3n) is 1.85. The monoisotopic (exact) mass is 208 g/mol. The first-order chi connectivity index (χ1) is 7.67. The van der Waals surface area contributed by atoms with Gasteiger partial charge in [0.25, 0.3) is 0 Å². The third kappa shape index (κ3) is 1.73. The first kappa shape index (κ1) is 11.0. The number of hydrogen-bond donors (Lipinski definition) is 1. The minimum absolute atomic E-state index is 0.0102. The van der Waals surface area contributed by atoms with Crippen molar-refractivity contribution >= 4 is 5.82 Å². The van der Waals surface area contributed by atoms with Gasteiger partial charge in [0.05, 0.1) is 29.0 Å². The lowest BCUT2D eigenvalue weighted by Gasteiger charge is -2.04. The lowest BCUT2D eigenvalue weighted by Crippen LogP contribution is -2.05. The van der Waals surface area contributed by atoms with Gasteiger partial charge in [-0.2, -0.15) is 21.0 Å². The highest BCUT2D eigenvalue weighted by Gasteiger charge is 2.18. The molecule has 16 heavy (non-hydrogen) atoms. The van der Waals surface area contributed by atoms with Crippen LogP contribution < -0.4 is 5.73 Å². The lowest BCUT2D eigenvalue weighted by atomic mass is 10.0. The first-order valence-electron chi connectivity index (χ1n) is 4.07. The Morgan fingerprint density at radius 2 is 1.62 bits per heavy atom.